The normalized spacial score (nSPS) is 17.8. The predicted molar refractivity (Wildman–Crippen MR) is 90.2 cm³/mol. The van der Waals surface area contributed by atoms with Crippen LogP contribution in [0.5, 0.6) is 0 Å². The molecule has 2 aromatic rings. The second kappa shape index (κ2) is 6.10. The number of sulfonamides is 1. The summed E-state index contributed by atoms with van der Waals surface area (Å²) < 4.78 is 27.3. The molecule has 1 heterocycles. The molecule has 122 valence electrons. The van der Waals surface area contributed by atoms with Crippen LogP contribution >= 0.6 is 0 Å². The average molecular weight is 340 g/mol. The van der Waals surface area contributed by atoms with Gasteiger partial charge in [-0.1, -0.05) is 29.8 Å². The van der Waals surface area contributed by atoms with Crippen LogP contribution in [0.4, 0.5) is 5.69 Å². The van der Waals surface area contributed by atoms with Gasteiger partial charge >= 0.3 is 0 Å². The van der Waals surface area contributed by atoms with Crippen LogP contribution in [0.1, 0.15) is 22.3 Å². The molecule has 0 saturated heterocycles. The summed E-state index contributed by atoms with van der Waals surface area (Å²) in [6, 6.07) is 15.1. The molecule has 1 aliphatic heterocycles. The summed E-state index contributed by atoms with van der Waals surface area (Å²) in [6.45, 7) is 1.98. The number of para-hydroxylation sites is 1. The standard InChI is InChI=1S/C18H16N2O3S/c1-13-6-8-15(9-7-13)24(22,23)20-11-10-14(12-19)18(21)16-4-2-3-5-17(16)20/h2-9,14H,10-11H2,1H3. The maximum Gasteiger partial charge on any atom is 0.264 e. The summed E-state index contributed by atoms with van der Waals surface area (Å²) in [4.78, 5) is 12.6. The summed E-state index contributed by atoms with van der Waals surface area (Å²) in [5.41, 5.74) is 1.57. The van der Waals surface area contributed by atoms with Gasteiger partial charge in [0.05, 0.1) is 16.7 Å². The molecule has 0 radical (unpaired) electrons. The number of carbonyl (C=O) groups is 1. The molecule has 0 bridgehead atoms. The van der Waals surface area contributed by atoms with E-state index in [0.29, 0.717) is 5.69 Å². The van der Waals surface area contributed by atoms with Gasteiger partial charge in [0.2, 0.25) is 0 Å². The summed E-state index contributed by atoms with van der Waals surface area (Å²) in [5, 5.41) is 9.21. The number of nitriles is 1. The number of anilines is 1. The number of fused-ring (bicyclic) bond motifs is 1. The van der Waals surface area contributed by atoms with E-state index in [-0.39, 0.29) is 29.2 Å². The fraction of sp³-hybridized carbons (Fsp3) is 0.222. The number of ketones is 1. The SMILES string of the molecule is Cc1ccc(S(=O)(=O)N2CCC(C#N)C(=O)c3ccccc32)cc1. The van der Waals surface area contributed by atoms with Gasteiger partial charge in [-0.2, -0.15) is 5.26 Å². The van der Waals surface area contributed by atoms with Crippen LogP contribution in [0.25, 0.3) is 0 Å². The lowest BCUT2D eigenvalue weighted by Gasteiger charge is -2.24. The Morgan fingerprint density at radius 2 is 1.79 bits per heavy atom. The Morgan fingerprint density at radius 1 is 1.12 bits per heavy atom. The monoisotopic (exact) mass is 340 g/mol. The lowest BCUT2D eigenvalue weighted by atomic mass is 9.97. The van der Waals surface area contributed by atoms with Crippen molar-refractivity contribution in [2.24, 2.45) is 5.92 Å². The van der Waals surface area contributed by atoms with Crippen LogP contribution in [0.3, 0.4) is 0 Å². The molecule has 5 nitrogen and oxygen atoms in total. The van der Waals surface area contributed by atoms with E-state index in [9.17, 15) is 18.5 Å². The number of rotatable bonds is 2. The summed E-state index contributed by atoms with van der Waals surface area (Å²) >= 11 is 0. The molecule has 6 heteroatoms. The van der Waals surface area contributed by atoms with Gasteiger partial charge in [0.1, 0.15) is 5.92 Å². The number of nitrogens with zero attached hydrogens (tertiary/aromatic N) is 2. The van der Waals surface area contributed by atoms with E-state index in [1.165, 1.54) is 4.31 Å². The topological polar surface area (TPSA) is 78.2 Å². The zero-order valence-electron chi connectivity index (χ0n) is 13.1. The predicted octanol–water partition coefficient (Wildman–Crippen LogP) is 2.92. The highest BCUT2D eigenvalue weighted by atomic mass is 32.2. The van der Waals surface area contributed by atoms with Gasteiger partial charge in [0, 0.05) is 12.1 Å². The molecule has 1 atom stereocenters. The lowest BCUT2D eigenvalue weighted by molar-refractivity contribution is 0.0949. The molecule has 2 aromatic carbocycles. The van der Waals surface area contributed by atoms with E-state index >= 15 is 0 Å². The molecule has 0 fully saturated rings. The average Bonchev–Trinajstić information content (AvgIpc) is 2.72. The van der Waals surface area contributed by atoms with E-state index in [0.717, 1.165) is 5.56 Å². The van der Waals surface area contributed by atoms with Gasteiger partial charge in [-0.05, 0) is 37.6 Å². The van der Waals surface area contributed by atoms with Gasteiger partial charge in [-0.3, -0.25) is 9.10 Å². The molecule has 0 amide bonds. The van der Waals surface area contributed by atoms with Crippen molar-refractivity contribution in [1.29, 1.82) is 5.26 Å². The number of carbonyl (C=O) groups excluding carboxylic acids is 1. The molecule has 0 spiro atoms. The molecule has 0 saturated carbocycles. The number of Topliss-reactive ketones (excluding diaryl/α,β-unsaturated/α-hetero) is 1. The molecule has 0 aliphatic carbocycles. The molecule has 0 N–H and O–H groups in total. The van der Waals surface area contributed by atoms with Crippen LogP contribution < -0.4 is 4.31 Å². The van der Waals surface area contributed by atoms with Crippen LogP contribution in [0.2, 0.25) is 0 Å². The minimum absolute atomic E-state index is 0.0944. The van der Waals surface area contributed by atoms with Crippen molar-refractivity contribution in [1.82, 2.24) is 0 Å². The zero-order valence-corrected chi connectivity index (χ0v) is 14.0. The molecule has 24 heavy (non-hydrogen) atoms. The highest BCUT2D eigenvalue weighted by molar-refractivity contribution is 7.92. The minimum Gasteiger partial charge on any atom is -0.293 e. The Hall–Kier alpha value is -2.65. The quantitative estimate of drug-likeness (QED) is 0.842. The Kier molecular flexibility index (Phi) is 4.12. The maximum atomic E-state index is 13.0. The second-order valence-electron chi connectivity index (χ2n) is 5.74. The fourth-order valence-electron chi connectivity index (χ4n) is 2.80. The molecular weight excluding hydrogens is 324 g/mol. The molecule has 1 aliphatic rings. The Bertz CT molecular complexity index is 927. The van der Waals surface area contributed by atoms with Crippen molar-refractivity contribution in [2.75, 3.05) is 10.8 Å². The van der Waals surface area contributed by atoms with Crippen LogP contribution in [-0.2, 0) is 10.0 Å². The van der Waals surface area contributed by atoms with Crippen molar-refractivity contribution in [3.8, 4) is 6.07 Å². The van der Waals surface area contributed by atoms with Crippen molar-refractivity contribution in [3.63, 3.8) is 0 Å². The van der Waals surface area contributed by atoms with E-state index in [1.807, 2.05) is 13.0 Å². The summed E-state index contributed by atoms with van der Waals surface area (Å²) in [6.07, 6.45) is 0.176. The van der Waals surface area contributed by atoms with E-state index in [1.54, 1.807) is 48.5 Å². The first-order valence-corrected chi connectivity index (χ1v) is 9.01. The van der Waals surface area contributed by atoms with Gasteiger partial charge in [0.15, 0.2) is 5.78 Å². The van der Waals surface area contributed by atoms with Crippen LogP contribution in [0, 0.1) is 24.2 Å². The number of hydrogen-bond acceptors (Lipinski definition) is 4. The first kappa shape index (κ1) is 16.2. The Labute approximate surface area is 141 Å². The van der Waals surface area contributed by atoms with Crippen molar-refractivity contribution in [3.05, 3.63) is 59.7 Å². The summed E-state index contributed by atoms with van der Waals surface area (Å²) in [5.74, 6) is -1.15. The first-order valence-electron chi connectivity index (χ1n) is 7.57. The van der Waals surface area contributed by atoms with Gasteiger partial charge in [-0.15, -0.1) is 0 Å². The van der Waals surface area contributed by atoms with Gasteiger partial charge < -0.3 is 0 Å². The molecule has 3 rings (SSSR count). The molecule has 0 aromatic heterocycles. The Morgan fingerprint density at radius 3 is 2.46 bits per heavy atom. The van der Waals surface area contributed by atoms with E-state index in [2.05, 4.69) is 0 Å². The summed E-state index contributed by atoms with van der Waals surface area (Å²) in [7, 11) is -3.80. The van der Waals surface area contributed by atoms with Crippen molar-refractivity contribution in [2.45, 2.75) is 18.2 Å². The van der Waals surface area contributed by atoms with E-state index in [4.69, 9.17) is 0 Å². The van der Waals surface area contributed by atoms with Crippen molar-refractivity contribution >= 4 is 21.5 Å². The zero-order chi connectivity index (χ0) is 17.3. The van der Waals surface area contributed by atoms with Gasteiger partial charge in [-0.25, -0.2) is 8.42 Å². The fourth-order valence-corrected chi connectivity index (χ4v) is 4.29. The third kappa shape index (κ3) is 2.68. The lowest BCUT2D eigenvalue weighted by Crippen LogP contribution is -2.32. The Balaban J connectivity index is 2.14. The van der Waals surface area contributed by atoms with Crippen molar-refractivity contribution < 1.29 is 13.2 Å². The third-order valence-electron chi connectivity index (χ3n) is 4.14. The maximum absolute atomic E-state index is 13.0. The highest BCUT2D eigenvalue weighted by Gasteiger charge is 2.34. The van der Waals surface area contributed by atoms with E-state index < -0.39 is 15.9 Å². The number of aryl methyl sites for hydroxylation is 1. The second-order valence-corrected chi connectivity index (χ2v) is 7.60. The molecular formula is C18H16N2O3S. The van der Waals surface area contributed by atoms with Crippen LogP contribution in [0.15, 0.2) is 53.4 Å². The largest absolute Gasteiger partial charge is 0.293 e. The van der Waals surface area contributed by atoms with Crippen LogP contribution in [-0.4, -0.2) is 20.7 Å². The minimum atomic E-state index is -3.80. The molecule has 1 unspecified atom stereocenters. The first-order chi connectivity index (χ1) is 11.4. The smallest absolute Gasteiger partial charge is 0.264 e. The van der Waals surface area contributed by atoms with Gasteiger partial charge in [0.25, 0.3) is 10.0 Å². The highest BCUT2D eigenvalue weighted by Crippen LogP contribution is 2.32. The number of hydrogen-bond donors (Lipinski definition) is 0. The number of benzene rings is 2. The third-order valence-corrected chi connectivity index (χ3v) is 5.97.